The summed E-state index contributed by atoms with van der Waals surface area (Å²) in [7, 11) is 0. The van der Waals surface area contributed by atoms with Crippen molar-refractivity contribution in [1.82, 2.24) is 0 Å². The number of benzene rings is 2. The fourth-order valence-electron chi connectivity index (χ4n) is 6.31. The second-order valence-corrected chi connectivity index (χ2v) is 13.6. The highest BCUT2D eigenvalue weighted by Crippen LogP contribution is 2.43. The van der Waals surface area contributed by atoms with Gasteiger partial charge in [0.05, 0.1) is 24.8 Å². The van der Waals surface area contributed by atoms with Crippen molar-refractivity contribution >= 4 is 22.9 Å². The average molecular weight is 830 g/mol. The summed E-state index contributed by atoms with van der Waals surface area (Å²) in [5, 5.41) is 134. The van der Waals surface area contributed by atoms with Crippen LogP contribution in [0.1, 0.15) is 6.42 Å². The highest BCUT2D eigenvalue weighted by molar-refractivity contribution is 5.90. The van der Waals surface area contributed by atoms with Gasteiger partial charge in [0.15, 0.2) is 23.9 Å². The number of aliphatic hydroxyl groups excluding tert-OH is 9. The van der Waals surface area contributed by atoms with Crippen LogP contribution in [0.15, 0.2) is 40.8 Å². The predicted octanol–water partition coefficient (Wildman–Crippen LogP) is -3.66. The molecule has 2 aromatic carbocycles. The maximum Gasteiger partial charge on any atom is 0.402 e. The van der Waals surface area contributed by atoms with Crippen molar-refractivity contribution < 1.29 is 114 Å². The molecule has 6 rings (SSSR count). The normalized spacial score (nSPS) is 34.0. The Kier molecular flexibility index (Phi) is 13.0. The number of carbonyl (C=O) groups is 2. The summed E-state index contributed by atoms with van der Waals surface area (Å²) in [6.45, 7) is -2.12. The molecule has 0 amide bonds. The number of phenolic OH excluding ortho intramolecular Hbond substituents is 3. The molecule has 23 heteroatoms. The van der Waals surface area contributed by atoms with Crippen LogP contribution < -0.4 is 9.47 Å². The maximum atomic E-state index is 12.0. The van der Waals surface area contributed by atoms with E-state index in [-0.39, 0.29) is 33.8 Å². The van der Waals surface area contributed by atoms with Crippen LogP contribution in [0, 0.1) is 0 Å². The smallest absolute Gasteiger partial charge is 0.402 e. The number of ether oxygens (including phenoxy) is 7. The molecule has 13 N–H and O–H groups in total. The second-order valence-electron chi connectivity index (χ2n) is 13.6. The van der Waals surface area contributed by atoms with E-state index in [4.69, 9.17) is 42.7 Å². The average Bonchev–Trinajstić information content (AvgIpc) is 3.18. The van der Waals surface area contributed by atoms with Crippen molar-refractivity contribution in [3.8, 4) is 40.1 Å². The molecule has 3 fully saturated rings. The highest BCUT2D eigenvalue weighted by atomic mass is 16.8. The fourth-order valence-corrected chi connectivity index (χ4v) is 6.31. The topological polar surface area (TPSA) is 373 Å². The monoisotopic (exact) mass is 829 g/mol. The number of rotatable bonds is 12. The van der Waals surface area contributed by atoms with Gasteiger partial charge in [0.1, 0.15) is 91.0 Å². The molecule has 0 unspecified atom stereocenters. The molecule has 0 aliphatic carbocycles. The van der Waals surface area contributed by atoms with Gasteiger partial charge in [-0.2, -0.15) is 0 Å². The van der Waals surface area contributed by atoms with Gasteiger partial charge in [-0.3, -0.25) is 9.59 Å². The van der Waals surface area contributed by atoms with Crippen LogP contribution in [0.5, 0.6) is 28.7 Å². The zero-order valence-electron chi connectivity index (χ0n) is 29.8. The van der Waals surface area contributed by atoms with Crippen molar-refractivity contribution in [2.45, 2.75) is 92.4 Å². The van der Waals surface area contributed by atoms with E-state index in [9.17, 15) is 70.9 Å². The Bertz CT molecular complexity index is 1940. The molecule has 3 aliphatic heterocycles. The molecule has 1 aromatic heterocycles. The predicted molar refractivity (Wildman–Crippen MR) is 183 cm³/mol. The van der Waals surface area contributed by atoms with Crippen molar-refractivity contribution in [2.75, 3.05) is 19.8 Å². The van der Waals surface area contributed by atoms with Gasteiger partial charge < -0.3 is 99.5 Å². The summed E-state index contributed by atoms with van der Waals surface area (Å²) in [6.07, 6.45) is -25.7. The van der Waals surface area contributed by atoms with Crippen molar-refractivity contribution in [3.63, 3.8) is 0 Å². The minimum atomic E-state index is -2.03. The first-order valence-electron chi connectivity index (χ1n) is 17.5. The molecule has 0 saturated carbocycles. The first kappa shape index (κ1) is 42.9. The van der Waals surface area contributed by atoms with Crippen LogP contribution in [0.3, 0.4) is 0 Å². The van der Waals surface area contributed by atoms with Crippen LogP contribution in [0.4, 0.5) is 0 Å². The molecule has 0 bridgehead atoms. The van der Waals surface area contributed by atoms with Crippen LogP contribution >= 0.6 is 0 Å². The molecule has 3 aromatic rings. The molecule has 3 saturated heterocycles. The number of carboxylic acids is 1. The molecule has 23 nitrogen and oxygen atoms in total. The molecule has 318 valence electrons. The van der Waals surface area contributed by atoms with E-state index < -0.39 is 141 Å². The second kappa shape index (κ2) is 17.6. The first-order valence-corrected chi connectivity index (χ1v) is 17.5. The van der Waals surface area contributed by atoms with E-state index in [2.05, 4.69) is 0 Å². The largest absolute Gasteiger partial charge is 0.507 e. The quantitative estimate of drug-likeness (QED) is 0.0362. The Hall–Kier alpha value is -4.73. The van der Waals surface area contributed by atoms with Crippen molar-refractivity contribution in [3.05, 3.63) is 36.4 Å². The van der Waals surface area contributed by atoms with E-state index in [0.717, 1.165) is 24.3 Å². The maximum absolute atomic E-state index is 12.0. The number of carbonyl (C=O) groups excluding carboxylic acids is 1. The third-order valence-electron chi connectivity index (χ3n) is 9.48. The van der Waals surface area contributed by atoms with Gasteiger partial charge in [-0.05, 0) is 12.1 Å². The Morgan fingerprint density at radius 1 is 0.724 bits per heavy atom. The summed E-state index contributed by atoms with van der Waals surface area (Å²) < 4.78 is 45.0. The number of esters is 1. The van der Waals surface area contributed by atoms with E-state index in [1.54, 1.807) is 0 Å². The Balaban J connectivity index is 1.39. The van der Waals surface area contributed by atoms with Crippen LogP contribution in [-0.2, 0) is 33.3 Å². The molecule has 0 radical (unpaired) electrons. The number of hydrogen-bond acceptors (Lipinski definition) is 21. The van der Waals surface area contributed by atoms with Gasteiger partial charge in [0, 0.05) is 18.2 Å². The molecular weight excluding hydrogens is 788 g/mol. The number of fused-ring (bicyclic) bond motifs is 1. The Morgan fingerprint density at radius 3 is 2.10 bits per heavy atom. The summed E-state index contributed by atoms with van der Waals surface area (Å²) in [5.74, 6) is -5.41. The standard InChI is InChI=1S/C35H40O23/c36-8-20-25(45)27(47)30(50)34(56-20)53-12-4-15(38)13-6-19(31(54-18(13)5-12)11-1-2-14(37)16(39)3-11)55-35-32(58-33-29(49)24(44)17(40)9-52-33)28(48)26(46)21(57-35)10-51-23(43)7-22(41)42/h1-6,17,20-21,24-30,32-36,40,44-50H,7-10H2,(H3-,37,38,39,41,42)/p+1/t17-,20-,21-,24+,25-,26-,27+,28+,29-,30-,32-,33+,34-,35-/m1/s1. The van der Waals surface area contributed by atoms with E-state index in [1.165, 1.54) is 12.1 Å². The van der Waals surface area contributed by atoms with Crippen LogP contribution in [-0.4, -0.2) is 184 Å². The number of aliphatic hydroxyl groups is 9. The van der Waals surface area contributed by atoms with Gasteiger partial charge in [-0.25, -0.2) is 4.42 Å². The number of hydrogen-bond donors (Lipinski definition) is 13. The highest BCUT2D eigenvalue weighted by Gasteiger charge is 2.51. The van der Waals surface area contributed by atoms with Gasteiger partial charge in [0.25, 0.3) is 0 Å². The lowest BCUT2D eigenvalue weighted by atomic mass is 9.98. The molecular formula is C35H41O23+. The first-order chi connectivity index (χ1) is 27.5. The van der Waals surface area contributed by atoms with Crippen molar-refractivity contribution in [1.29, 1.82) is 0 Å². The van der Waals surface area contributed by atoms with Crippen LogP contribution in [0.2, 0.25) is 0 Å². The number of phenols is 3. The minimum Gasteiger partial charge on any atom is -0.507 e. The van der Waals surface area contributed by atoms with Gasteiger partial charge >= 0.3 is 23.3 Å². The number of carboxylic acid groups (broad SMARTS) is 1. The molecule has 14 atom stereocenters. The summed E-state index contributed by atoms with van der Waals surface area (Å²) in [4.78, 5) is 23.0. The summed E-state index contributed by atoms with van der Waals surface area (Å²) in [5.41, 5.74) is -0.195. The third kappa shape index (κ3) is 8.96. The fraction of sp³-hybridized carbons (Fsp3) is 0.514. The van der Waals surface area contributed by atoms with E-state index in [1.807, 2.05) is 0 Å². The van der Waals surface area contributed by atoms with Gasteiger partial charge in [-0.15, -0.1) is 0 Å². The Morgan fingerprint density at radius 2 is 1.41 bits per heavy atom. The van der Waals surface area contributed by atoms with Crippen molar-refractivity contribution in [2.24, 2.45) is 0 Å². The minimum absolute atomic E-state index is 0.0110. The molecule has 58 heavy (non-hydrogen) atoms. The summed E-state index contributed by atoms with van der Waals surface area (Å²) >= 11 is 0. The lowest BCUT2D eigenvalue weighted by Crippen LogP contribution is -2.64. The van der Waals surface area contributed by atoms with Crippen LogP contribution in [0.25, 0.3) is 22.3 Å². The van der Waals surface area contributed by atoms with Gasteiger partial charge in [0.2, 0.25) is 18.3 Å². The zero-order valence-corrected chi connectivity index (χ0v) is 29.8. The van der Waals surface area contributed by atoms with Gasteiger partial charge in [-0.1, -0.05) is 0 Å². The SMILES string of the molecule is O=C(O)CC(=O)OC[C@H]1O[C@@H](Oc2cc3c(O)cc(O[C@@H]4O[C@H](CO)[C@@H](O)[C@H](O)[C@H]4O)cc3[o+]c2-c2ccc(O)c(O)c2)[C@H](O[C@@H]2OC[C@@H](O)[C@H](O)[C@H]2O)[C@@H](O)[C@@H]1O. The Labute approximate surface area is 325 Å². The number of aromatic hydroxyl groups is 3. The molecule has 4 heterocycles. The number of aliphatic carboxylic acids is 1. The third-order valence-corrected chi connectivity index (χ3v) is 9.48. The van der Waals surface area contributed by atoms with E-state index in [0.29, 0.717) is 0 Å². The summed E-state index contributed by atoms with van der Waals surface area (Å²) in [6, 6.07) is 6.77. The molecule has 0 spiro atoms. The molecule has 3 aliphatic rings. The lowest BCUT2D eigenvalue weighted by molar-refractivity contribution is -0.345. The van der Waals surface area contributed by atoms with E-state index >= 15 is 0 Å². The lowest BCUT2D eigenvalue weighted by Gasteiger charge is -2.44. The zero-order chi connectivity index (χ0) is 42.2.